The largest absolute Gasteiger partial charge is 0.490 e. The first-order valence-corrected chi connectivity index (χ1v) is 8.63. The van der Waals surface area contributed by atoms with Crippen LogP contribution in [0, 0.1) is 0 Å². The molecule has 5 heteroatoms. The van der Waals surface area contributed by atoms with E-state index >= 15 is 0 Å². The molecule has 1 aromatic rings. The number of rotatable bonds is 8. The predicted octanol–water partition coefficient (Wildman–Crippen LogP) is 3.32. The molecule has 1 fully saturated rings. The third-order valence-corrected chi connectivity index (χ3v) is 3.99. The maximum absolute atomic E-state index is 6.46. The van der Waals surface area contributed by atoms with Crippen LogP contribution in [0.1, 0.15) is 32.3 Å². The van der Waals surface area contributed by atoms with Crippen molar-refractivity contribution in [3.8, 4) is 11.5 Å². The average Bonchev–Trinajstić information content (AvgIpc) is 2.54. The first kappa shape index (κ1) is 17.4. The van der Waals surface area contributed by atoms with Gasteiger partial charge >= 0.3 is 0 Å². The van der Waals surface area contributed by atoms with E-state index in [9.17, 15) is 0 Å². The zero-order valence-electron chi connectivity index (χ0n) is 13.7. The lowest BCUT2D eigenvalue weighted by Crippen LogP contribution is -2.42. The van der Waals surface area contributed by atoms with Crippen molar-refractivity contribution in [2.75, 3.05) is 39.4 Å². The highest BCUT2D eigenvalue weighted by Gasteiger charge is 2.15. The molecule has 4 nitrogen and oxygen atoms in total. The maximum Gasteiger partial charge on any atom is 0.162 e. The Morgan fingerprint density at radius 2 is 1.64 bits per heavy atom. The number of nitrogens with zero attached hydrogens (tertiary/aromatic N) is 1. The minimum Gasteiger partial charge on any atom is -0.490 e. The van der Waals surface area contributed by atoms with E-state index in [1.807, 2.05) is 12.1 Å². The molecule has 124 valence electrons. The van der Waals surface area contributed by atoms with Gasteiger partial charge in [-0.15, -0.1) is 0 Å². The van der Waals surface area contributed by atoms with Gasteiger partial charge in [-0.25, -0.2) is 0 Å². The Kier molecular flexibility index (Phi) is 7.30. The van der Waals surface area contributed by atoms with E-state index in [2.05, 4.69) is 24.1 Å². The quantitative estimate of drug-likeness (QED) is 0.794. The average molecular weight is 327 g/mol. The Morgan fingerprint density at radius 3 is 2.23 bits per heavy atom. The van der Waals surface area contributed by atoms with Crippen LogP contribution in [0.25, 0.3) is 0 Å². The summed E-state index contributed by atoms with van der Waals surface area (Å²) in [7, 11) is 0. The lowest BCUT2D eigenvalue weighted by molar-refractivity contribution is 0.232. The number of hydrogen-bond acceptors (Lipinski definition) is 4. The summed E-state index contributed by atoms with van der Waals surface area (Å²) < 4.78 is 11.6. The van der Waals surface area contributed by atoms with Gasteiger partial charge in [-0.05, 0) is 24.5 Å². The number of piperazine rings is 1. The summed E-state index contributed by atoms with van der Waals surface area (Å²) in [5.41, 5.74) is 1.11. The van der Waals surface area contributed by atoms with Crippen LogP contribution in [0.3, 0.4) is 0 Å². The van der Waals surface area contributed by atoms with Crippen molar-refractivity contribution >= 4 is 11.6 Å². The molecule has 1 heterocycles. The normalized spacial score (nSPS) is 15.8. The fourth-order valence-corrected chi connectivity index (χ4v) is 2.67. The molecule has 1 aliphatic rings. The number of halogens is 1. The Balaban J connectivity index is 2.14. The molecule has 0 radical (unpaired) electrons. The van der Waals surface area contributed by atoms with Gasteiger partial charge in [0, 0.05) is 43.8 Å². The smallest absolute Gasteiger partial charge is 0.162 e. The maximum atomic E-state index is 6.46. The van der Waals surface area contributed by atoms with Crippen molar-refractivity contribution < 1.29 is 9.47 Å². The van der Waals surface area contributed by atoms with Gasteiger partial charge in [0.2, 0.25) is 0 Å². The van der Waals surface area contributed by atoms with E-state index in [-0.39, 0.29) is 0 Å². The Bertz CT molecular complexity index is 462. The van der Waals surface area contributed by atoms with E-state index in [1.165, 1.54) is 0 Å². The molecular formula is C17H27ClN2O2. The molecule has 0 spiro atoms. The van der Waals surface area contributed by atoms with Gasteiger partial charge in [-0.1, -0.05) is 25.4 Å². The van der Waals surface area contributed by atoms with E-state index in [1.54, 1.807) is 0 Å². The Morgan fingerprint density at radius 1 is 1.05 bits per heavy atom. The van der Waals surface area contributed by atoms with Crippen LogP contribution in [0.4, 0.5) is 0 Å². The van der Waals surface area contributed by atoms with Crippen LogP contribution >= 0.6 is 11.6 Å². The molecule has 0 aliphatic carbocycles. The molecule has 0 bridgehead atoms. The zero-order chi connectivity index (χ0) is 15.8. The summed E-state index contributed by atoms with van der Waals surface area (Å²) in [5.74, 6) is 1.56. The molecule has 22 heavy (non-hydrogen) atoms. The Hall–Kier alpha value is -0.970. The van der Waals surface area contributed by atoms with Crippen molar-refractivity contribution in [1.29, 1.82) is 0 Å². The SMILES string of the molecule is CCCOc1cc(Cl)c(CN2CCNCC2)cc1OCCC. The highest BCUT2D eigenvalue weighted by Crippen LogP contribution is 2.34. The van der Waals surface area contributed by atoms with E-state index < -0.39 is 0 Å². The summed E-state index contributed by atoms with van der Waals surface area (Å²) in [5, 5.41) is 4.13. The monoisotopic (exact) mass is 326 g/mol. The van der Waals surface area contributed by atoms with Crippen molar-refractivity contribution in [3.63, 3.8) is 0 Å². The first-order valence-electron chi connectivity index (χ1n) is 8.25. The molecule has 1 aliphatic heterocycles. The molecule has 0 amide bonds. The van der Waals surface area contributed by atoms with Crippen LogP contribution in [-0.4, -0.2) is 44.3 Å². The number of ether oxygens (including phenoxy) is 2. The lowest BCUT2D eigenvalue weighted by atomic mass is 10.1. The number of hydrogen-bond donors (Lipinski definition) is 1. The van der Waals surface area contributed by atoms with E-state index in [4.69, 9.17) is 21.1 Å². The molecular weight excluding hydrogens is 300 g/mol. The highest BCUT2D eigenvalue weighted by atomic mass is 35.5. The fourth-order valence-electron chi connectivity index (χ4n) is 2.46. The summed E-state index contributed by atoms with van der Waals surface area (Å²) in [6, 6.07) is 3.95. The molecule has 0 saturated carbocycles. The zero-order valence-corrected chi connectivity index (χ0v) is 14.4. The van der Waals surface area contributed by atoms with Gasteiger partial charge in [0.25, 0.3) is 0 Å². The molecule has 0 unspecified atom stereocenters. The van der Waals surface area contributed by atoms with Gasteiger partial charge in [0.05, 0.1) is 13.2 Å². The molecule has 2 rings (SSSR count). The minimum absolute atomic E-state index is 0.677. The second kappa shape index (κ2) is 9.23. The van der Waals surface area contributed by atoms with Crippen LogP contribution < -0.4 is 14.8 Å². The second-order valence-corrected chi connectivity index (χ2v) is 6.02. The summed E-state index contributed by atoms with van der Waals surface area (Å²) in [6.45, 7) is 10.6. The van der Waals surface area contributed by atoms with Gasteiger partial charge in [0.1, 0.15) is 0 Å². The molecule has 0 atom stereocenters. The van der Waals surface area contributed by atoms with Crippen LogP contribution in [0.15, 0.2) is 12.1 Å². The van der Waals surface area contributed by atoms with Gasteiger partial charge < -0.3 is 14.8 Å². The molecule has 1 saturated heterocycles. The summed E-state index contributed by atoms with van der Waals surface area (Å²) >= 11 is 6.46. The lowest BCUT2D eigenvalue weighted by Gasteiger charge is -2.27. The number of nitrogens with one attached hydrogen (secondary N) is 1. The van der Waals surface area contributed by atoms with Gasteiger partial charge in [-0.3, -0.25) is 4.90 Å². The Labute approximate surface area is 138 Å². The standard InChI is InChI=1S/C17H27ClN2O2/c1-3-9-21-16-11-14(13-20-7-5-19-6-8-20)15(18)12-17(16)22-10-4-2/h11-12,19H,3-10,13H2,1-2H3. The molecule has 1 aromatic carbocycles. The number of benzene rings is 1. The van der Waals surface area contributed by atoms with Crippen LogP contribution in [0.5, 0.6) is 11.5 Å². The van der Waals surface area contributed by atoms with Gasteiger partial charge in [0.15, 0.2) is 11.5 Å². The van der Waals surface area contributed by atoms with Crippen LogP contribution in [-0.2, 0) is 6.54 Å². The predicted molar refractivity (Wildman–Crippen MR) is 91.2 cm³/mol. The third kappa shape index (κ3) is 5.04. The van der Waals surface area contributed by atoms with Crippen molar-refractivity contribution in [3.05, 3.63) is 22.7 Å². The van der Waals surface area contributed by atoms with E-state index in [0.717, 1.165) is 67.7 Å². The minimum atomic E-state index is 0.677. The summed E-state index contributed by atoms with van der Waals surface area (Å²) in [4.78, 5) is 2.41. The first-order chi connectivity index (χ1) is 10.7. The van der Waals surface area contributed by atoms with Gasteiger partial charge in [-0.2, -0.15) is 0 Å². The molecule has 0 aromatic heterocycles. The molecule has 1 N–H and O–H groups in total. The van der Waals surface area contributed by atoms with Crippen molar-refractivity contribution in [2.24, 2.45) is 0 Å². The van der Waals surface area contributed by atoms with Crippen LogP contribution in [0.2, 0.25) is 5.02 Å². The summed E-state index contributed by atoms with van der Waals surface area (Å²) in [6.07, 6.45) is 1.94. The van der Waals surface area contributed by atoms with E-state index in [0.29, 0.717) is 13.2 Å². The highest BCUT2D eigenvalue weighted by molar-refractivity contribution is 6.31. The fraction of sp³-hybridized carbons (Fsp3) is 0.647. The van der Waals surface area contributed by atoms with Crippen molar-refractivity contribution in [1.82, 2.24) is 10.2 Å². The third-order valence-electron chi connectivity index (χ3n) is 3.64. The van der Waals surface area contributed by atoms with Crippen molar-refractivity contribution in [2.45, 2.75) is 33.2 Å². The second-order valence-electron chi connectivity index (χ2n) is 5.61. The topological polar surface area (TPSA) is 33.7 Å².